The fraction of sp³-hybridized carbons (Fsp3) is 0.0968. The molecule has 0 radical (unpaired) electrons. The molecule has 0 aliphatic carbocycles. The van der Waals surface area contributed by atoms with E-state index < -0.39 is 0 Å². The number of rotatable bonds is 6. The van der Waals surface area contributed by atoms with Crippen molar-refractivity contribution in [2.45, 2.75) is 20.5 Å². The normalized spacial score (nSPS) is 15.3. The number of hydrogen-bond donors (Lipinski definition) is 0. The summed E-state index contributed by atoms with van der Waals surface area (Å²) in [6.07, 6.45) is 1.84. The molecule has 40 heavy (non-hydrogen) atoms. The lowest BCUT2D eigenvalue weighted by atomic mass is 10.2. The van der Waals surface area contributed by atoms with Crippen LogP contribution in [-0.2, 0) is 11.4 Å². The van der Waals surface area contributed by atoms with E-state index in [0.717, 1.165) is 26.7 Å². The first-order valence-electron chi connectivity index (χ1n) is 12.2. The molecule has 4 aromatic carbocycles. The lowest BCUT2D eigenvalue weighted by Gasteiger charge is -2.16. The highest BCUT2D eigenvalue weighted by Crippen LogP contribution is 2.39. The molecule has 1 fully saturated rings. The molecule has 4 aromatic rings. The Kier molecular flexibility index (Phi) is 8.93. The Balaban J connectivity index is 1.45. The van der Waals surface area contributed by atoms with Crippen molar-refractivity contribution >= 4 is 91.0 Å². The topological polar surface area (TPSA) is 41.9 Å². The summed E-state index contributed by atoms with van der Waals surface area (Å²) in [7, 11) is 0. The van der Waals surface area contributed by atoms with Gasteiger partial charge in [-0.2, -0.15) is 0 Å². The van der Waals surface area contributed by atoms with Gasteiger partial charge in [0, 0.05) is 15.1 Å². The molecule has 0 N–H and O–H groups in total. The van der Waals surface area contributed by atoms with E-state index >= 15 is 0 Å². The van der Waals surface area contributed by atoms with E-state index in [-0.39, 0.29) is 5.91 Å². The van der Waals surface area contributed by atoms with E-state index in [2.05, 4.69) is 15.9 Å². The number of ether oxygens (including phenoxy) is 1. The van der Waals surface area contributed by atoms with Gasteiger partial charge in [-0.3, -0.25) is 9.69 Å². The Morgan fingerprint density at radius 1 is 0.925 bits per heavy atom. The predicted octanol–water partition coefficient (Wildman–Crippen LogP) is 10.4. The number of amides is 1. The van der Waals surface area contributed by atoms with Crippen molar-refractivity contribution in [2.24, 2.45) is 4.99 Å². The number of aliphatic imine (C=N–C) groups is 1. The van der Waals surface area contributed by atoms with Crippen LogP contribution in [0.2, 0.25) is 15.1 Å². The van der Waals surface area contributed by atoms with Crippen LogP contribution in [-0.4, -0.2) is 11.1 Å². The van der Waals surface area contributed by atoms with E-state index in [1.807, 2.05) is 86.7 Å². The van der Waals surface area contributed by atoms with Gasteiger partial charge < -0.3 is 4.74 Å². The average molecular weight is 673 g/mol. The minimum absolute atomic E-state index is 0.195. The van der Waals surface area contributed by atoms with Gasteiger partial charge in [0.05, 0.1) is 20.8 Å². The smallest absolute Gasteiger partial charge is 0.271 e. The van der Waals surface area contributed by atoms with Gasteiger partial charge in [-0.15, -0.1) is 0 Å². The Bertz CT molecular complexity index is 1690. The van der Waals surface area contributed by atoms with Gasteiger partial charge in [-0.1, -0.05) is 65.1 Å². The lowest BCUT2D eigenvalue weighted by Crippen LogP contribution is -2.28. The van der Waals surface area contributed by atoms with E-state index in [0.29, 0.717) is 48.9 Å². The largest absolute Gasteiger partial charge is 0.488 e. The number of thioether (sulfide) groups is 1. The summed E-state index contributed by atoms with van der Waals surface area (Å²) in [5.74, 6) is 0.487. The summed E-state index contributed by atoms with van der Waals surface area (Å²) in [6.45, 7) is 4.23. The van der Waals surface area contributed by atoms with E-state index in [9.17, 15) is 4.79 Å². The highest BCUT2D eigenvalue weighted by Gasteiger charge is 2.35. The minimum atomic E-state index is -0.195. The van der Waals surface area contributed by atoms with Crippen LogP contribution in [0, 0.1) is 13.8 Å². The third kappa shape index (κ3) is 6.59. The summed E-state index contributed by atoms with van der Waals surface area (Å²) in [5.41, 5.74) is 4.97. The van der Waals surface area contributed by atoms with Crippen LogP contribution in [0.4, 0.5) is 11.4 Å². The maximum atomic E-state index is 13.7. The molecular formula is C31H22BrCl3N2O2S. The van der Waals surface area contributed by atoms with Crippen LogP contribution >= 0.6 is 62.5 Å². The molecular weight excluding hydrogens is 651 g/mol. The summed E-state index contributed by atoms with van der Waals surface area (Å²) in [4.78, 5) is 20.6. The Labute approximate surface area is 260 Å². The van der Waals surface area contributed by atoms with Gasteiger partial charge in [-0.25, -0.2) is 4.99 Å². The maximum absolute atomic E-state index is 13.7. The molecule has 1 amide bonds. The average Bonchev–Trinajstić information content (AvgIpc) is 3.21. The van der Waals surface area contributed by atoms with E-state index in [4.69, 9.17) is 44.5 Å². The highest BCUT2D eigenvalue weighted by molar-refractivity contribution is 9.10. The van der Waals surface area contributed by atoms with Gasteiger partial charge in [0.15, 0.2) is 5.17 Å². The molecule has 5 rings (SSSR count). The molecule has 4 nitrogen and oxygen atoms in total. The maximum Gasteiger partial charge on any atom is 0.271 e. The molecule has 0 spiro atoms. The molecule has 1 saturated heterocycles. The quantitative estimate of drug-likeness (QED) is 0.192. The van der Waals surface area contributed by atoms with Gasteiger partial charge in [0.1, 0.15) is 12.4 Å². The molecule has 202 valence electrons. The van der Waals surface area contributed by atoms with Crippen LogP contribution in [0.5, 0.6) is 5.75 Å². The number of amidine groups is 1. The standard InChI is InChI=1S/C31H22BrCl3N2O2S/c1-18-6-9-23(15-26(18)34)36-31-37(24-10-7-19(2)27(35)16-24)30(38)29(40-31)14-20-8-11-28(25(32)13-20)39-17-21-4-3-5-22(33)12-21/h3-16H,17H2,1-2H3/b29-14+,36-31?. The number of benzene rings is 4. The molecule has 0 atom stereocenters. The number of carbonyl (C=O) groups is 1. The summed E-state index contributed by atoms with van der Waals surface area (Å²) < 4.78 is 6.74. The summed E-state index contributed by atoms with van der Waals surface area (Å²) in [6, 6.07) is 24.3. The molecule has 1 heterocycles. The molecule has 0 bridgehead atoms. The van der Waals surface area contributed by atoms with E-state index in [1.165, 1.54) is 11.8 Å². The third-order valence-corrected chi connectivity index (χ3v) is 8.78. The molecule has 0 unspecified atom stereocenters. The molecule has 9 heteroatoms. The minimum Gasteiger partial charge on any atom is -0.488 e. The van der Waals surface area contributed by atoms with Crippen molar-refractivity contribution in [3.63, 3.8) is 0 Å². The molecule has 1 aliphatic rings. The Morgan fingerprint density at radius 3 is 2.38 bits per heavy atom. The van der Waals surface area contributed by atoms with Gasteiger partial charge in [0.25, 0.3) is 5.91 Å². The number of anilines is 1. The number of aryl methyl sites for hydroxylation is 2. The number of nitrogens with zero attached hydrogens (tertiary/aromatic N) is 2. The zero-order valence-corrected chi connectivity index (χ0v) is 26.1. The zero-order chi connectivity index (χ0) is 28.4. The first-order chi connectivity index (χ1) is 19.2. The second-order valence-electron chi connectivity index (χ2n) is 9.12. The van der Waals surface area contributed by atoms with Crippen molar-refractivity contribution in [3.8, 4) is 5.75 Å². The van der Waals surface area contributed by atoms with Crippen molar-refractivity contribution in [2.75, 3.05) is 4.90 Å². The highest BCUT2D eigenvalue weighted by atomic mass is 79.9. The first kappa shape index (κ1) is 28.8. The van der Waals surface area contributed by atoms with Gasteiger partial charge in [0.2, 0.25) is 0 Å². The second kappa shape index (κ2) is 12.4. The van der Waals surface area contributed by atoms with Crippen LogP contribution in [0.15, 0.2) is 93.2 Å². The van der Waals surface area contributed by atoms with Crippen LogP contribution in [0.3, 0.4) is 0 Å². The second-order valence-corrected chi connectivity index (χ2v) is 12.2. The lowest BCUT2D eigenvalue weighted by molar-refractivity contribution is -0.113. The number of carbonyl (C=O) groups excluding carboxylic acids is 1. The fourth-order valence-electron chi connectivity index (χ4n) is 3.92. The van der Waals surface area contributed by atoms with Crippen molar-refractivity contribution in [1.82, 2.24) is 0 Å². The van der Waals surface area contributed by atoms with Crippen LogP contribution in [0.1, 0.15) is 22.3 Å². The molecule has 1 aliphatic heterocycles. The van der Waals surface area contributed by atoms with Crippen LogP contribution < -0.4 is 9.64 Å². The third-order valence-electron chi connectivity index (χ3n) is 6.14. The van der Waals surface area contributed by atoms with Gasteiger partial charge >= 0.3 is 0 Å². The van der Waals surface area contributed by atoms with E-state index in [1.54, 1.807) is 17.0 Å². The zero-order valence-electron chi connectivity index (χ0n) is 21.4. The Morgan fingerprint density at radius 2 is 1.68 bits per heavy atom. The SMILES string of the molecule is Cc1ccc(N=C2S/C(=C/c3ccc(OCc4cccc(Cl)c4)c(Br)c3)C(=O)N2c2ccc(C)c(Cl)c2)cc1Cl. The molecule has 0 aromatic heterocycles. The van der Waals surface area contributed by atoms with Crippen LogP contribution in [0.25, 0.3) is 6.08 Å². The fourth-order valence-corrected chi connectivity index (χ4v) is 6.00. The molecule has 0 saturated carbocycles. The van der Waals surface area contributed by atoms with Crippen molar-refractivity contribution in [3.05, 3.63) is 126 Å². The summed E-state index contributed by atoms with van der Waals surface area (Å²) >= 11 is 23.7. The summed E-state index contributed by atoms with van der Waals surface area (Å²) in [5, 5.41) is 2.36. The van der Waals surface area contributed by atoms with Crippen molar-refractivity contribution in [1.29, 1.82) is 0 Å². The monoisotopic (exact) mass is 670 g/mol. The number of halogens is 4. The number of hydrogen-bond acceptors (Lipinski definition) is 4. The first-order valence-corrected chi connectivity index (χ1v) is 14.9. The van der Waals surface area contributed by atoms with Crippen molar-refractivity contribution < 1.29 is 9.53 Å². The van der Waals surface area contributed by atoms with Gasteiger partial charge in [-0.05, 0) is 118 Å². The predicted molar refractivity (Wildman–Crippen MR) is 172 cm³/mol. The Hall–Kier alpha value is -2.74.